The molecule has 0 saturated heterocycles. The Balaban J connectivity index is 1.40. The Hall–Kier alpha value is -2.93. The molecule has 5 nitrogen and oxygen atoms in total. The number of rotatable bonds is 8. The monoisotopic (exact) mass is 383 g/mol. The first-order chi connectivity index (χ1) is 13.1. The maximum Gasteiger partial charge on any atom is 0.220 e. The van der Waals surface area contributed by atoms with E-state index >= 15 is 0 Å². The summed E-state index contributed by atoms with van der Waals surface area (Å²) in [5, 5.41) is 5.66. The van der Waals surface area contributed by atoms with Crippen LogP contribution in [0.15, 0.2) is 54.2 Å². The van der Waals surface area contributed by atoms with Crippen molar-refractivity contribution in [3.63, 3.8) is 0 Å². The van der Waals surface area contributed by atoms with Crippen LogP contribution in [0.5, 0.6) is 0 Å². The van der Waals surface area contributed by atoms with Gasteiger partial charge < -0.3 is 5.32 Å². The number of carbonyl (C=O) groups is 2. The zero-order valence-electron chi connectivity index (χ0n) is 14.5. The van der Waals surface area contributed by atoms with Gasteiger partial charge in [-0.2, -0.15) is 0 Å². The minimum atomic E-state index is -0.391. The van der Waals surface area contributed by atoms with Gasteiger partial charge in [0.25, 0.3) is 0 Å². The van der Waals surface area contributed by atoms with E-state index in [0.717, 1.165) is 16.3 Å². The SMILES string of the molecule is O=C(CCC(=O)c1ccc(F)cc1)NCCc1csc(-c2cccnc2)n1. The Morgan fingerprint density at radius 3 is 2.67 bits per heavy atom. The van der Waals surface area contributed by atoms with Crippen molar-refractivity contribution < 1.29 is 14.0 Å². The van der Waals surface area contributed by atoms with E-state index in [-0.39, 0.29) is 24.5 Å². The first kappa shape index (κ1) is 18.8. The van der Waals surface area contributed by atoms with Crippen molar-refractivity contribution in [3.8, 4) is 10.6 Å². The number of nitrogens with zero attached hydrogens (tertiary/aromatic N) is 2. The van der Waals surface area contributed by atoms with Crippen LogP contribution in [0, 0.1) is 5.82 Å². The Labute approximate surface area is 160 Å². The lowest BCUT2D eigenvalue weighted by Gasteiger charge is -2.04. The minimum absolute atomic E-state index is 0.0965. The number of amides is 1. The highest BCUT2D eigenvalue weighted by atomic mass is 32.1. The molecule has 2 heterocycles. The average molecular weight is 383 g/mol. The van der Waals surface area contributed by atoms with Crippen LogP contribution in [0.1, 0.15) is 28.9 Å². The van der Waals surface area contributed by atoms with Crippen molar-refractivity contribution in [2.45, 2.75) is 19.3 Å². The molecule has 3 rings (SSSR count). The first-order valence-electron chi connectivity index (χ1n) is 8.52. The second-order valence-electron chi connectivity index (χ2n) is 5.92. The third-order valence-corrected chi connectivity index (χ3v) is 4.85. The fourth-order valence-electron chi connectivity index (χ4n) is 2.47. The fraction of sp³-hybridized carbons (Fsp3) is 0.200. The number of benzene rings is 1. The quantitative estimate of drug-likeness (QED) is 0.603. The highest BCUT2D eigenvalue weighted by Gasteiger charge is 2.10. The molecule has 0 aliphatic rings. The number of Topliss-reactive ketones (excluding diaryl/α,β-unsaturated/α-hetero) is 1. The predicted molar refractivity (Wildman–Crippen MR) is 102 cm³/mol. The molecule has 0 bridgehead atoms. The summed E-state index contributed by atoms with van der Waals surface area (Å²) in [6.07, 6.45) is 4.30. The number of hydrogen-bond acceptors (Lipinski definition) is 5. The molecule has 1 amide bonds. The molecule has 2 aromatic heterocycles. The van der Waals surface area contributed by atoms with E-state index in [1.165, 1.54) is 35.6 Å². The molecule has 0 fully saturated rings. The molecule has 0 aliphatic carbocycles. The van der Waals surface area contributed by atoms with E-state index in [0.29, 0.717) is 18.5 Å². The maximum absolute atomic E-state index is 12.9. The zero-order valence-corrected chi connectivity index (χ0v) is 15.3. The van der Waals surface area contributed by atoms with Crippen molar-refractivity contribution in [1.82, 2.24) is 15.3 Å². The Morgan fingerprint density at radius 1 is 1.11 bits per heavy atom. The van der Waals surface area contributed by atoms with Crippen molar-refractivity contribution in [1.29, 1.82) is 0 Å². The number of halogens is 1. The molecule has 27 heavy (non-hydrogen) atoms. The lowest BCUT2D eigenvalue weighted by Crippen LogP contribution is -2.26. The summed E-state index contributed by atoms with van der Waals surface area (Å²) < 4.78 is 12.9. The van der Waals surface area contributed by atoms with Crippen LogP contribution in [0.2, 0.25) is 0 Å². The van der Waals surface area contributed by atoms with E-state index < -0.39 is 5.82 Å². The number of pyridine rings is 1. The molecule has 1 aromatic carbocycles. The first-order valence-corrected chi connectivity index (χ1v) is 9.40. The molecule has 0 saturated carbocycles. The van der Waals surface area contributed by atoms with Crippen LogP contribution < -0.4 is 5.32 Å². The van der Waals surface area contributed by atoms with Gasteiger partial charge in [0.1, 0.15) is 10.8 Å². The van der Waals surface area contributed by atoms with E-state index in [9.17, 15) is 14.0 Å². The van der Waals surface area contributed by atoms with Gasteiger partial charge in [0, 0.05) is 54.7 Å². The third kappa shape index (κ3) is 5.52. The Morgan fingerprint density at radius 2 is 1.93 bits per heavy atom. The predicted octanol–water partition coefficient (Wildman–Crippen LogP) is 3.67. The van der Waals surface area contributed by atoms with E-state index in [2.05, 4.69) is 15.3 Å². The molecular weight excluding hydrogens is 365 g/mol. The van der Waals surface area contributed by atoms with Gasteiger partial charge in [-0.25, -0.2) is 9.37 Å². The van der Waals surface area contributed by atoms with Gasteiger partial charge in [0.2, 0.25) is 5.91 Å². The van der Waals surface area contributed by atoms with Gasteiger partial charge in [-0.05, 0) is 36.4 Å². The summed E-state index contributed by atoms with van der Waals surface area (Å²) in [5.74, 6) is -0.753. The number of ketones is 1. The van der Waals surface area contributed by atoms with E-state index in [1.54, 1.807) is 12.4 Å². The van der Waals surface area contributed by atoms with Crippen LogP contribution in [0.25, 0.3) is 10.6 Å². The number of carbonyl (C=O) groups excluding carboxylic acids is 2. The van der Waals surface area contributed by atoms with Crippen molar-refractivity contribution in [2.24, 2.45) is 0 Å². The van der Waals surface area contributed by atoms with E-state index in [1.807, 2.05) is 17.5 Å². The summed E-state index contributed by atoms with van der Waals surface area (Å²) in [5.41, 5.74) is 2.29. The maximum atomic E-state index is 12.9. The second kappa shape index (κ2) is 9.14. The smallest absolute Gasteiger partial charge is 0.220 e. The molecule has 3 aromatic rings. The minimum Gasteiger partial charge on any atom is -0.356 e. The summed E-state index contributed by atoms with van der Waals surface area (Å²) in [6.45, 7) is 0.458. The number of hydrogen-bond donors (Lipinski definition) is 1. The van der Waals surface area contributed by atoms with Gasteiger partial charge in [-0.1, -0.05) is 0 Å². The lowest BCUT2D eigenvalue weighted by atomic mass is 10.1. The summed E-state index contributed by atoms with van der Waals surface area (Å²) in [6, 6.07) is 9.15. The molecule has 0 radical (unpaired) electrons. The van der Waals surface area contributed by atoms with Crippen LogP contribution in [0.3, 0.4) is 0 Å². The Bertz CT molecular complexity index is 910. The molecule has 0 unspecified atom stereocenters. The molecule has 138 valence electrons. The lowest BCUT2D eigenvalue weighted by molar-refractivity contribution is -0.121. The number of thiazole rings is 1. The second-order valence-corrected chi connectivity index (χ2v) is 6.77. The molecular formula is C20H18FN3O2S. The van der Waals surface area contributed by atoms with Crippen LogP contribution in [-0.4, -0.2) is 28.2 Å². The fourth-order valence-corrected chi connectivity index (χ4v) is 3.31. The topological polar surface area (TPSA) is 72.0 Å². The number of aromatic nitrogens is 2. The highest BCUT2D eigenvalue weighted by molar-refractivity contribution is 7.13. The van der Waals surface area contributed by atoms with Gasteiger partial charge in [-0.15, -0.1) is 11.3 Å². The third-order valence-electron chi connectivity index (χ3n) is 3.91. The number of nitrogens with one attached hydrogen (secondary N) is 1. The molecule has 0 atom stereocenters. The highest BCUT2D eigenvalue weighted by Crippen LogP contribution is 2.22. The zero-order chi connectivity index (χ0) is 19.1. The van der Waals surface area contributed by atoms with Gasteiger partial charge >= 0.3 is 0 Å². The largest absolute Gasteiger partial charge is 0.356 e. The summed E-state index contributed by atoms with van der Waals surface area (Å²) >= 11 is 1.54. The van der Waals surface area contributed by atoms with Gasteiger partial charge in [-0.3, -0.25) is 14.6 Å². The molecule has 0 spiro atoms. The van der Waals surface area contributed by atoms with Crippen LogP contribution in [-0.2, 0) is 11.2 Å². The average Bonchev–Trinajstić information content (AvgIpc) is 3.16. The molecule has 1 N–H and O–H groups in total. The van der Waals surface area contributed by atoms with Crippen LogP contribution >= 0.6 is 11.3 Å². The van der Waals surface area contributed by atoms with Crippen molar-refractivity contribution in [3.05, 3.63) is 71.2 Å². The van der Waals surface area contributed by atoms with Crippen molar-refractivity contribution in [2.75, 3.05) is 6.54 Å². The van der Waals surface area contributed by atoms with Gasteiger partial charge in [0.05, 0.1) is 5.69 Å². The molecule has 7 heteroatoms. The normalized spacial score (nSPS) is 10.6. The standard InChI is InChI=1S/C20H18FN3O2S/c21-16-5-3-14(4-6-16)18(25)7-8-19(26)23-11-9-17-13-27-20(24-17)15-2-1-10-22-12-15/h1-6,10,12-13H,7-9,11H2,(H,23,26). The van der Waals surface area contributed by atoms with Crippen molar-refractivity contribution >= 4 is 23.0 Å². The molecule has 0 aliphatic heterocycles. The summed E-state index contributed by atoms with van der Waals surface area (Å²) in [7, 11) is 0. The van der Waals surface area contributed by atoms with Gasteiger partial charge in [0.15, 0.2) is 5.78 Å². The summed E-state index contributed by atoms with van der Waals surface area (Å²) in [4.78, 5) is 32.5. The van der Waals surface area contributed by atoms with E-state index in [4.69, 9.17) is 0 Å². The Kier molecular flexibility index (Phi) is 6.38. The van der Waals surface area contributed by atoms with Crippen LogP contribution in [0.4, 0.5) is 4.39 Å².